The lowest BCUT2D eigenvalue weighted by molar-refractivity contribution is -0.142. The molecule has 1 rings (SSSR count). The highest BCUT2D eigenvalue weighted by atomic mass is 32.1. The van der Waals surface area contributed by atoms with Gasteiger partial charge < -0.3 is 15.2 Å². The number of esters is 1. The Labute approximate surface area is 138 Å². The molecule has 0 aliphatic heterocycles. The summed E-state index contributed by atoms with van der Waals surface area (Å²) in [6.07, 6.45) is 0.327. The third-order valence-corrected chi connectivity index (χ3v) is 3.63. The van der Waals surface area contributed by atoms with Gasteiger partial charge in [-0.1, -0.05) is 0 Å². The zero-order valence-electron chi connectivity index (χ0n) is 13.3. The number of aliphatic carboxylic acids is 1. The Morgan fingerprint density at radius 2 is 2.09 bits per heavy atom. The lowest BCUT2D eigenvalue weighted by atomic mass is 9.99. The maximum absolute atomic E-state index is 11.9. The molecule has 0 atom stereocenters. The van der Waals surface area contributed by atoms with Crippen LogP contribution < -0.4 is 10.6 Å². The molecule has 0 fully saturated rings. The predicted octanol–water partition coefficient (Wildman–Crippen LogP) is 2.01. The highest BCUT2D eigenvalue weighted by Crippen LogP contribution is 2.17. The van der Waals surface area contributed by atoms with Crippen LogP contribution in [0.5, 0.6) is 0 Å². The monoisotopic (exact) mass is 343 g/mol. The Morgan fingerprint density at radius 3 is 2.70 bits per heavy atom. The summed E-state index contributed by atoms with van der Waals surface area (Å²) in [4.78, 5) is 38.0. The van der Waals surface area contributed by atoms with Crippen LogP contribution in [0.2, 0.25) is 0 Å². The van der Waals surface area contributed by atoms with Crippen LogP contribution in [0.15, 0.2) is 5.38 Å². The first-order valence-electron chi connectivity index (χ1n) is 7.13. The summed E-state index contributed by atoms with van der Waals surface area (Å²) in [5.74, 6) is -1.28. The zero-order chi connectivity index (χ0) is 17.5. The number of carbonyl (C=O) groups excluding carboxylic acids is 2. The fraction of sp³-hybridized carbons (Fsp3) is 0.571. The topological polar surface area (TPSA) is 118 Å². The molecule has 0 radical (unpaired) electrons. The van der Waals surface area contributed by atoms with E-state index in [-0.39, 0.29) is 18.8 Å². The van der Waals surface area contributed by atoms with Crippen molar-refractivity contribution in [1.29, 1.82) is 0 Å². The number of nitrogens with zero attached hydrogens (tertiary/aromatic N) is 1. The van der Waals surface area contributed by atoms with Crippen molar-refractivity contribution < 1.29 is 24.2 Å². The summed E-state index contributed by atoms with van der Waals surface area (Å²) in [6, 6.07) is -0.475. The van der Waals surface area contributed by atoms with Crippen LogP contribution in [0, 0.1) is 0 Å². The van der Waals surface area contributed by atoms with E-state index >= 15 is 0 Å². The lowest BCUT2D eigenvalue weighted by Gasteiger charge is -2.25. The van der Waals surface area contributed by atoms with E-state index in [2.05, 4.69) is 15.6 Å². The first-order chi connectivity index (χ1) is 10.7. The first kappa shape index (κ1) is 18.9. The van der Waals surface area contributed by atoms with Crippen LogP contribution in [-0.2, 0) is 20.7 Å². The molecule has 23 heavy (non-hydrogen) atoms. The first-order valence-corrected chi connectivity index (χ1v) is 8.01. The van der Waals surface area contributed by atoms with Gasteiger partial charge in [-0.05, 0) is 27.2 Å². The molecule has 0 aromatic carbocycles. The van der Waals surface area contributed by atoms with E-state index in [0.29, 0.717) is 23.9 Å². The van der Waals surface area contributed by atoms with Gasteiger partial charge in [-0.25, -0.2) is 9.78 Å². The third-order valence-electron chi connectivity index (χ3n) is 2.82. The van der Waals surface area contributed by atoms with Gasteiger partial charge in [0, 0.05) is 17.3 Å². The molecular formula is C14H21N3O5S. The number of rotatable bonds is 8. The van der Waals surface area contributed by atoms with E-state index in [1.54, 1.807) is 26.2 Å². The summed E-state index contributed by atoms with van der Waals surface area (Å²) >= 11 is 1.20. The quantitative estimate of drug-likeness (QED) is 0.622. The molecule has 0 saturated heterocycles. The molecule has 3 N–H and O–H groups in total. The molecule has 128 valence electrons. The Balaban J connectivity index is 2.49. The van der Waals surface area contributed by atoms with Crippen molar-refractivity contribution in [2.45, 2.75) is 45.6 Å². The molecule has 9 heteroatoms. The van der Waals surface area contributed by atoms with E-state index in [0.717, 1.165) is 0 Å². The van der Waals surface area contributed by atoms with E-state index in [1.807, 2.05) is 0 Å². The number of thiazole rings is 1. The van der Waals surface area contributed by atoms with E-state index in [4.69, 9.17) is 9.84 Å². The molecule has 0 unspecified atom stereocenters. The average Bonchev–Trinajstić information content (AvgIpc) is 2.83. The summed E-state index contributed by atoms with van der Waals surface area (Å²) in [6.45, 7) is 5.51. The molecule has 0 aliphatic rings. The van der Waals surface area contributed by atoms with Gasteiger partial charge in [0.2, 0.25) is 0 Å². The number of hydrogen-bond donors (Lipinski definition) is 3. The van der Waals surface area contributed by atoms with E-state index < -0.39 is 17.5 Å². The number of nitrogens with one attached hydrogen (secondary N) is 2. The van der Waals surface area contributed by atoms with Gasteiger partial charge in [-0.15, -0.1) is 11.3 Å². The molecule has 1 aromatic rings. The van der Waals surface area contributed by atoms with Gasteiger partial charge in [0.05, 0.1) is 18.7 Å². The van der Waals surface area contributed by atoms with Gasteiger partial charge in [-0.2, -0.15) is 0 Å². The van der Waals surface area contributed by atoms with Gasteiger partial charge >= 0.3 is 18.0 Å². The number of aromatic nitrogens is 1. The highest BCUT2D eigenvalue weighted by molar-refractivity contribution is 7.13. The Morgan fingerprint density at radius 1 is 1.39 bits per heavy atom. The standard InChI is InChI=1S/C14H21N3O5S/c1-4-22-11(20)7-9-8-23-13(15-9)16-12(21)17-14(2,3)6-5-10(18)19/h8H,4-7H2,1-3H3,(H,18,19)(H2,15,16,17,21). The number of carboxylic acid groups (broad SMARTS) is 1. The second kappa shape index (κ2) is 8.47. The largest absolute Gasteiger partial charge is 0.481 e. The predicted molar refractivity (Wildman–Crippen MR) is 85.6 cm³/mol. The van der Waals surface area contributed by atoms with Crippen molar-refractivity contribution in [3.05, 3.63) is 11.1 Å². The maximum atomic E-state index is 11.9. The molecule has 0 bridgehead atoms. The number of urea groups is 1. The summed E-state index contributed by atoms with van der Waals surface area (Å²) in [5, 5.41) is 16.0. The molecule has 1 aromatic heterocycles. The van der Waals surface area contributed by atoms with Gasteiger partial charge in [0.15, 0.2) is 5.13 Å². The van der Waals surface area contributed by atoms with E-state index in [1.165, 1.54) is 11.3 Å². The number of ether oxygens (including phenoxy) is 1. The molecular weight excluding hydrogens is 322 g/mol. The van der Waals surface area contributed by atoms with Crippen molar-refractivity contribution in [2.75, 3.05) is 11.9 Å². The third kappa shape index (κ3) is 7.59. The number of amides is 2. The maximum Gasteiger partial charge on any atom is 0.321 e. The molecule has 8 nitrogen and oxygen atoms in total. The average molecular weight is 343 g/mol. The zero-order valence-corrected chi connectivity index (χ0v) is 14.2. The summed E-state index contributed by atoms with van der Waals surface area (Å²) in [5.41, 5.74) is -0.137. The van der Waals surface area contributed by atoms with Gasteiger partial charge in [0.1, 0.15) is 0 Å². The lowest BCUT2D eigenvalue weighted by Crippen LogP contribution is -2.45. The van der Waals surface area contributed by atoms with Crippen LogP contribution in [-0.4, -0.2) is 40.2 Å². The van der Waals surface area contributed by atoms with Crippen molar-refractivity contribution in [3.63, 3.8) is 0 Å². The minimum Gasteiger partial charge on any atom is -0.481 e. The van der Waals surface area contributed by atoms with Crippen molar-refractivity contribution in [1.82, 2.24) is 10.3 Å². The number of carbonyl (C=O) groups is 3. The second-order valence-electron chi connectivity index (χ2n) is 5.48. The summed E-state index contributed by atoms with van der Waals surface area (Å²) in [7, 11) is 0. The normalized spacial score (nSPS) is 10.9. The highest BCUT2D eigenvalue weighted by Gasteiger charge is 2.22. The fourth-order valence-corrected chi connectivity index (χ4v) is 2.43. The van der Waals surface area contributed by atoms with Gasteiger partial charge in [-0.3, -0.25) is 14.9 Å². The second-order valence-corrected chi connectivity index (χ2v) is 6.34. The Hall–Kier alpha value is -2.16. The van der Waals surface area contributed by atoms with Crippen LogP contribution in [0.3, 0.4) is 0 Å². The van der Waals surface area contributed by atoms with E-state index in [9.17, 15) is 14.4 Å². The number of hydrogen-bond acceptors (Lipinski definition) is 6. The minimum atomic E-state index is -0.913. The van der Waals surface area contributed by atoms with Gasteiger partial charge in [0.25, 0.3) is 0 Å². The van der Waals surface area contributed by atoms with Crippen LogP contribution in [0.25, 0.3) is 0 Å². The fourth-order valence-electron chi connectivity index (χ4n) is 1.72. The molecule has 0 aliphatic carbocycles. The summed E-state index contributed by atoms with van der Waals surface area (Å²) < 4.78 is 4.83. The van der Waals surface area contributed by atoms with Crippen LogP contribution in [0.4, 0.5) is 9.93 Å². The number of carboxylic acids is 1. The number of anilines is 1. The van der Waals surface area contributed by atoms with Crippen molar-refractivity contribution in [3.8, 4) is 0 Å². The molecule has 1 heterocycles. The molecule has 2 amide bonds. The molecule has 0 saturated carbocycles. The Kier molecular flexibility index (Phi) is 6.95. The van der Waals surface area contributed by atoms with Crippen LogP contribution in [0.1, 0.15) is 39.3 Å². The van der Waals surface area contributed by atoms with Crippen molar-refractivity contribution in [2.24, 2.45) is 0 Å². The van der Waals surface area contributed by atoms with Crippen LogP contribution >= 0.6 is 11.3 Å². The SMILES string of the molecule is CCOC(=O)Cc1csc(NC(=O)NC(C)(C)CCC(=O)O)n1. The smallest absolute Gasteiger partial charge is 0.321 e. The van der Waals surface area contributed by atoms with Crippen molar-refractivity contribution >= 4 is 34.4 Å². The molecule has 0 spiro atoms. The Bertz CT molecular complexity index is 571. The minimum absolute atomic E-state index is 0.0335.